The minimum atomic E-state index is -1.15. The minimum absolute atomic E-state index is 0.234. The monoisotopic (exact) mass is 243 g/mol. The van der Waals surface area contributed by atoms with Gasteiger partial charge >= 0.3 is 5.97 Å². The molecule has 0 aromatic heterocycles. The number of esters is 1. The number of nitrogens with one attached hydrogen (secondary N) is 1. The summed E-state index contributed by atoms with van der Waals surface area (Å²) in [7, 11) is 0. The minimum Gasteiger partial charge on any atom is -0.459 e. The van der Waals surface area contributed by atoms with E-state index in [9.17, 15) is 9.59 Å². The number of aliphatic hydroxyl groups excluding tert-OH is 1. The van der Waals surface area contributed by atoms with E-state index in [1.54, 1.807) is 6.92 Å². The van der Waals surface area contributed by atoms with Crippen molar-refractivity contribution in [3.8, 4) is 0 Å². The van der Waals surface area contributed by atoms with Crippen LogP contribution in [0.2, 0.25) is 0 Å². The highest BCUT2D eigenvalue weighted by atomic mass is 16.6. The summed E-state index contributed by atoms with van der Waals surface area (Å²) >= 11 is 0. The van der Waals surface area contributed by atoms with Crippen molar-refractivity contribution in [3.05, 3.63) is 12.2 Å². The molecule has 0 saturated carbocycles. The lowest BCUT2D eigenvalue weighted by atomic mass is 10.2. The van der Waals surface area contributed by atoms with Crippen LogP contribution in [0.5, 0.6) is 0 Å². The fourth-order valence-corrected chi connectivity index (χ4v) is 1.14. The molecule has 98 valence electrons. The molecule has 0 aliphatic rings. The summed E-state index contributed by atoms with van der Waals surface area (Å²) in [5.41, 5.74) is 0.405. The van der Waals surface area contributed by atoms with Crippen molar-refractivity contribution in [1.29, 1.82) is 0 Å². The van der Waals surface area contributed by atoms with E-state index in [-0.39, 0.29) is 12.5 Å². The molecular weight excluding hydrogens is 222 g/mol. The Morgan fingerprint density at radius 2 is 2.06 bits per heavy atom. The summed E-state index contributed by atoms with van der Waals surface area (Å²) in [5, 5.41) is 11.6. The van der Waals surface area contributed by atoms with Crippen molar-refractivity contribution in [1.82, 2.24) is 5.32 Å². The number of carbonyl (C=O) groups is 2. The van der Waals surface area contributed by atoms with Gasteiger partial charge in [-0.3, -0.25) is 4.79 Å². The molecule has 2 unspecified atom stereocenters. The normalized spacial score (nSPS) is 13.6. The molecule has 0 aliphatic heterocycles. The van der Waals surface area contributed by atoms with Gasteiger partial charge in [0, 0.05) is 5.57 Å². The van der Waals surface area contributed by atoms with Gasteiger partial charge in [-0.2, -0.15) is 0 Å². The maximum Gasteiger partial charge on any atom is 0.334 e. The largest absolute Gasteiger partial charge is 0.459 e. The van der Waals surface area contributed by atoms with Crippen molar-refractivity contribution in [2.75, 3.05) is 6.54 Å². The Bertz CT molecular complexity index is 286. The highest BCUT2D eigenvalue weighted by Gasteiger charge is 2.18. The van der Waals surface area contributed by atoms with Crippen molar-refractivity contribution < 1.29 is 19.4 Å². The van der Waals surface area contributed by atoms with Crippen molar-refractivity contribution >= 4 is 11.9 Å². The first-order valence-electron chi connectivity index (χ1n) is 5.70. The molecule has 5 heteroatoms. The first-order chi connectivity index (χ1) is 7.88. The fraction of sp³-hybridized carbons (Fsp3) is 0.667. The fourth-order valence-electron chi connectivity index (χ4n) is 1.14. The summed E-state index contributed by atoms with van der Waals surface area (Å²) < 4.78 is 5.05. The van der Waals surface area contributed by atoms with E-state index in [0.717, 1.165) is 6.42 Å². The SMILES string of the molecule is C=C(C)C(=O)NCC(CCC)OC(=O)C(C)O. The first-order valence-corrected chi connectivity index (χ1v) is 5.70. The molecule has 0 aliphatic carbocycles. The van der Waals surface area contributed by atoms with Crippen LogP contribution in [0.1, 0.15) is 33.6 Å². The molecular formula is C12H21NO4. The van der Waals surface area contributed by atoms with Gasteiger partial charge in [-0.15, -0.1) is 0 Å². The molecule has 0 bridgehead atoms. The van der Waals surface area contributed by atoms with E-state index >= 15 is 0 Å². The van der Waals surface area contributed by atoms with Crippen LogP contribution in [-0.2, 0) is 14.3 Å². The molecule has 0 aromatic carbocycles. The van der Waals surface area contributed by atoms with Gasteiger partial charge in [-0.05, 0) is 20.3 Å². The van der Waals surface area contributed by atoms with E-state index in [1.165, 1.54) is 6.92 Å². The number of aliphatic hydroxyl groups is 1. The van der Waals surface area contributed by atoms with E-state index in [4.69, 9.17) is 9.84 Å². The van der Waals surface area contributed by atoms with Gasteiger partial charge in [0.1, 0.15) is 12.2 Å². The predicted molar refractivity (Wildman–Crippen MR) is 64.3 cm³/mol. The van der Waals surface area contributed by atoms with Crippen LogP contribution in [0, 0.1) is 0 Å². The van der Waals surface area contributed by atoms with Crippen LogP contribution in [0.3, 0.4) is 0 Å². The van der Waals surface area contributed by atoms with Crippen LogP contribution < -0.4 is 5.32 Å². The van der Waals surface area contributed by atoms with Crippen LogP contribution >= 0.6 is 0 Å². The number of ether oxygens (including phenoxy) is 1. The smallest absolute Gasteiger partial charge is 0.334 e. The Kier molecular flexibility index (Phi) is 7.21. The van der Waals surface area contributed by atoms with E-state index in [1.807, 2.05) is 6.92 Å². The van der Waals surface area contributed by atoms with E-state index in [0.29, 0.717) is 12.0 Å². The summed E-state index contributed by atoms with van der Waals surface area (Å²) in [6, 6.07) is 0. The molecule has 0 fully saturated rings. The third-order valence-corrected chi connectivity index (χ3v) is 2.11. The number of carbonyl (C=O) groups excluding carboxylic acids is 2. The summed E-state index contributed by atoms with van der Waals surface area (Å²) in [6.07, 6.45) is -0.105. The quantitative estimate of drug-likeness (QED) is 0.511. The maximum absolute atomic E-state index is 11.3. The van der Waals surface area contributed by atoms with Gasteiger partial charge in [0.15, 0.2) is 0 Å². The van der Waals surface area contributed by atoms with Crippen molar-refractivity contribution in [3.63, 3.8) is 0 Å². The third kappa shape index (κ3) is 6.73. The standard InChI is InChI=1S/C12H21NO4/c1-5-6-10(17-12(16)9(4)14)7-13-11(15)8(2)3/h9-10,14H,2,5-7H2,1,3-4H3,(H,13,15). The Balaban J connectivity index is 4.20. The zero-order valence-electron chi connectivity index (χ0n) is 10.7. The zero-order chi connectivity index (χ0) is 13.4. The van der Waals surface area contributed by atoms with Crippen LogP contribution in [0.25, 0.3) is 0 Å². The van der Waals surface area contributed by atoms with Gasteiger partial charge in [0.2, 0.25) is 5.91 Å². The lowest BCUT2D eigenvalue weighted by Crippen LogP contribution is -2.36. The maximum atomic E-state index is 11.3. The molecule has 17 heavy (non-hydrogen) atoms. The first kappa shape index (κ1) is 15.6. The third-order valence-electron chi connectivity index (χ3n) is 2.11. The molecule has 2 N–H and O–H groups in total. The number of hydrogen-bond donors (Lipinski definition) is 2. The molecule has 0 aromatic rings. The van der Waals surface area contributed by atoms with Gasteiger partial charge in [-0.25, -0.2) is 4.79 Å². The second-order valence-corrected chi connectivity index (χ2v) is 4.01. The average Bonchev–Trinajstić information content (AvgIpc) is 2.25. The van der Waals surface area contributed by atoms with Gasteiger partial charge < -0.3 is 15.2 Å². The number of rotatable bonds is 7. The molecule has 2 atom stereocenters. The molecule has 0 rings (SSSR count). The highest BCUT2D eigenvalue weighted by molar-refractivity contribution is 5.92. The topological polar surface area (TPSA) is 75.6 Å². The zero-order valence-corrected chi connectivity index (χ0v) is 10.7. The molecule has 0 spiro atoms. The average molecular weight is 243 g/mol. The molecule has 1 amide bonds. The van der Waals surface area contributed by atoms with Crippen molar-refractivity contribution in [2.45, 2.75) is 45.8 Å². The second kappa shape index (κ2) is 7.84. The van der Waals surface area contributed by atoms with Gasteiger partial charge in [0.05, 0.1) is 6.54 Å². The Labute approximate surface area is 102 Å². The van der Waals surface area contributed by atoms with Crippen LogP contribution in [-0.4, -0.2) is 35.7 Å². The summed E-state index contributed by atoms with van der Waals surface area (Å²) in [5.74, 6) is -0.938. The van der Waals surface area contributed by atoms with Gasteiger partial charge in [0.25, 0.3) is 0 Å². The molecule has 0 saturated heterocycles. The predicted octanol–water partition coefficient (Wildman–Crippen LogP) is 0.771. The lowest BCUT2D eigenvalue weighted by molar-refractivity contribution is -0.158. The number of amides is 1. The van der Waals surface area contributed by atoms with E-state index < -0.39 is 18.2 Å². The van der Waals surface area contributed by atoms with Crippen LogP contribution in [0.15, 0.2) is 12.2 Å². The van der Waals surface area contributed by atoms with Crippen LogP contribution in [0.4, 0.5) is 0 Å². The molecule has 0 heterocycles. The Morgan fingerprint density at radius 3 is 2.47 bits per heavy atom. The number of hydrogen-bond acceptors (Lipinski definition) is 4. The highest BCUT2D eigenvalue weighted by Crippen LogP contribution is 2.03. The summed E-state index contributed by atoms with van der Waals surface area (Å²) in [6.45, 7) is 8.64. The van der Waals surface area contributed by atoms with Gasteiger partial charge in [-0.1, -0.05) is 19.9 Å². The Morgan fingerprint density at radius 1 is 1.47 bits per heavy atom. The second-order valence-electron chi connectivity index (χ2n) is 4.01. The summed E-state index contributed by atoms with van der Waals surface area (Å²) in [4.78, 5) is 22.5. The molecule has 0 radical (unpaired) electrons. The lowest BCUT2D eigenvalue weighted by Gasteiger charge is -2.18. The molecule has 5 nitrogen and oxygen atoms in total. The van der Waals surface area contributed by atoms with Crippen molar-refractivity contribution in [2.24, 2.45) is 0 Å². The van der Waals surface area contributed by atoms with E-state index in [2.05, 4.69) is 11.9 Å². The Hall–Kier alpha value is -1.36.